The van der Waals surface area contributed by atoms with Gasteiger partial charge in [0.15, 0.2) is 5.13 Å². The fourth-order valence-electron chi connectivity index (χ4n) is 1.60. The fraction of sp³-hybridized carbons (Fsp3) is 0.167. The Hall–Kier alpha value is -1.55. The zero-order chi connectivity index (χ0) is 16.7. The highest BCUT2D eigenvalue weighted by molar-refractivity contribution is 9.10. The van der Waals surface area contributed by atoms with E-state index in [0.29, 0.717) is 4.47 Å². The van der Waals surface area contributed by atoms with Crippen molar-refractivity contribution in [2.45, 2.75) is 12.1 Å². The van der Waals surface area contributed by atoms with Gasteiger partial charge in [0.2, 0.25) is 5.78 Å². The van der Waals surface area contributed by atoms with Crippen molar-refractivity contribution in [2.75, 3.05) is 5.73 Å². The summed E-state index contributed by atoms with van der Waals surface area (Å²) in [5.74, 6) is -6.27. The van der Waals surface area contributed by atoms with Crippen LogP contribution in [0.2, 0.25) is 0 Å². The molecule has 2 aromatic rings. The van der Waals surface area contributed by atoms with E-state index in [4.69, 9.17) is 5.73 Å². The highest BCUT2D eigenvalue weighted by Gasteiger charge is 2.61. The first-order chi connectivity index (χ1) is 10.0. The Balaban J connectivity index is 2.56. The highest BCUT2D eigenvalue weighted by Crippen LogP contribution is 2.46. The van der Waals surface area contributed by atoms with Crippen LogP contribution in [0.1, 0.15) is 20.9 Å². The lowest BCUT2D eigenvalue weighted by Crippen LogP contribution is -2.35. The van der Waals surface area contributed by atoms with Crippen molar-refractivity contribution in [1.82, 2.24) is 4.98 Å². The SMILES string of the molecule is Nc1nc(C(F)(F)C(F)(F)F)c(C(=O)c2cccc(Br)c2)s1. The highest BCUT2D eigenvalue weighted by atomic mass is 79.9. The number of alkyl halides is 5. The Bertz CT molecular complexity index is 729. The van der Waals surface area contributed by atoms with Crippen LogP contribution < -0.4 is 5.73 Å². The molecule has 0 saturated carbocycles. The number of halogens is 6. The van der Waals surface area contributed by atoms with Gasteiger partial charge in [0, 0.05) is 10.0 Å². The monoisotopic (exact) mass is 400 g/mol. The molecule has 3 nitrogen and oxygen atoms in total. The third-order valence-electron chi connectivity index (χ3n) is 2.59. The first kappa shape index (κ1) is 16.8. The summed E-state index contributed by atoms with van der Waals surface area (Å²) in [7, 11) is 0. The van der Waals surface area contributed by atoms with Crippen LogP contribution >= 0.6 is 27.3 Å². The maximum absolute atomic E-state index is 13.5. The topological polar surface area (TPSA) is 56.0 Å². The number of anilines is 1. The molecule has 0 atom stereocenters. The lowest BCUT2D eigenvalue weighted by Gasteiger charge is -2.18. The van der Waals surface area contributed by atoms with E-state index in [1.807, 2.05) is 0 Å². The number of hydrogen-bond acceptors (Lipinski definition) is 4. The molecule has 10 heteroatoms. The molecule has 0 aliphatic carbocycles. The van der Waals surface area contributed by atoms with Crippen LogP contribution in [0.15, 0.2) is 28.7 Å². The summed E-state index contributed by atoms with van der Waals surface area (Å²) >= 11 is 3.37. The van der Waals surface area contributed by atoms with Crippen LogP contribution in [0.5, 0.6) is 0 Å². The van der Waals surface area contributed by atoms with Crippen molar-refractivity contribution < 1.29 is 26.7 Å². The molecule has 1 heterocycles. The van der Waals surface area contributed by atoms with E-state index in [1.54, 1.807) is 6.07 Å². The molecule has 0 spiro atoms. The lowest BCUT2D eigenvalue weighted by molar-refractivity contribution is -0.290. The van der Waals surface area contributed by atoms with Crippen molar-refractivity contribution in [3.63, 3.8) is 0 Å². The quantitative estimate of drug-likeness (QED) is 0.614. The molecule has 0 aliphatic heterocycles. The van der Waals surface area contributed by atoms with Crippen molar-refractivity contribution in [3.05, 3.63) is 44.9 Å². The van der Waals surface area contributed by atoms with Crippen LogP contribution in [0.3, 0.4) is 0 Å². The number of carbonyl (C=O) groups excluding carboxylic acids is 1. The number of hydrogen-bond donors (Lipinski definition) is 1. The molecule has 22 heavy (non-hydrogen) atoms. The number of rotatable bonds is 3. The minimum absolute atomic E-state index is 0.0581. The van der Waals surface area contributed by atoms with E-state index >= 15 is 0 Å². The van der Waals surface area contributed by atoms with Gasteiger partial charge in [0.05, 0.1) is 0 Å². The van der Waals surface area contributed by atoms with E-state index < -0.39 is 33.6 Å². The Labute approximate surface area is 133 Å². The number of benzene rings is 1. The van der Waals surface area contributed by atoms with Crippen molar-refractivity contribution in [3.8, 4) is 0 Å². The molecule has 0 amide bonds. The number of thiazole rings is 1. The number of nitrogens with zero attached hydrogens (tertiary/aromatic N) is 1. The normalized spacial score (nSPS) is 12.5. The molecule has 0 unspecified atom stereocenters. The van der Waals surface area contributed by atoms with Gasteiger partial charge < -0.3 is 5.73 Å². The zero-order valence-corrected chi connectivity index (χ0v) is 12.8. The maximum atomic E-state index is 13.5. The van der Waals surface area contributed by atoms with Crippen LogP contribution in [0, 0.1) is 0 Å². The van der Waals surface area contributed by atoms with Gasteiger partial charge >= 0.3 is 12.1 Å². The summed E-state index contributed by atoms with van der Waals surface area (Å²) in [6.45, 7) is 0. The molecule has 0 aliphatic rings. The summed E-state index contributed by atoms with van der Waals surface area (Å²) in [6, 6.07) is 5.61. The largest absolute Gasteiger partial charge is 0.459 e. The number of nitrogens with two attached hydrogens (primary N) is 1. The molecule has 2 rings (SSSR count). The van der Waals surface area contributed by atoms with Crippen LogP contribution in [0.4, 0.5) is 27.1 Å². The number of aromatic nitrogens is 1. The van der Waals surface area contributed by atoms with Crippen molar-refractivity contribution in [1.29, 1.82) is 0 Å². The van der Waals surface area contributed by atoms with Gasteiger partial charge in [-0.2, -0.15) is 22.0 Å². The molecule has 0 saturated heterocycles. The van der Waals surface area contributed by atoms with Gasteiger partial charge in [-0.25, -0.2) is 4.98 Å². The number of ketones is 1. The third kappa shape index (κ3) is 2.98. The zero-order valence-electron chi connectivity index (χ0n) is 10.4. The van der Waals surface area contributed by atoms with Gasteiger partial charge in [-0.05, 0) is 12.1 Å². The average Bonchev–Trinajstić information content (AvgIpc) is 2.79. The molecular weight excluding hydrogens is 395 g/mol. The summed E-state index contributed by atoms with van der Waals surface area (Å²) in [4.78, 5) is 14.4. The number of nitrogen functional groups attached to an aromatic ring is 1. The summed E-state index contributed by atoms with van der Waals surface area (Å²) < 4.78 is 64.9. The molecule has 1 aromatic heterocycles. The average molecular weight is 401 g/mol. The molecule has 118 valence electrons. The minimum atomic E-state index is -5.88. The molecule has 0 radical (unpaired) electrons. The van der Waals surface area contributed by atoms with Gasteiger partial charge in [-0.1, -0.05) is 39.4 Å². The third-order valence-corrected chi connectivity index (χ3v) is 3.97. The van der Waals surface area contributed by atoms with Crippen molar-refractivity contribution >= 4 is 38.2 Å². The van der Waals surface area contributed by atoms with Gasteiger partial charge in [-0.3, -0.25) is 4.79 Å². The second-order valence-electron chi connectivity index (χ2n) is 4.14. The van der Waals surface area contributed by atoms with Crippen molar-refractivity contribution in [2.24, 2.45) is 0 Å². The Morgan fingerprint density at radius 1 is 1.23 bits per heavy atom. The number of carbonyl (C=O) groups is 1. The van der Waals surface area contributed by atoms with Crippen LogP contribution in [-0.4, -0.2) is 16.9 Å². The fourth-order valence-corrected chi connectivity index (χ4v) is 2.82. The minimum Gasteiger partial charge on any atom is -0.375 e. The Kier molecular flexibility index (Phi) is 4.26. The Morgan fingerprint density at radius 2 is 1.86 bits per heavy atom. The molecule has 2 N–H and O–H groups in total. The first-order valence-corrected chi connectivity index (χ1v) is 7.16. The maximum Gasteiger partial charge on any atom is 0.459 e. The second-order valence-corrected chi connectivity index (χ2v) is 6.09. The predicted octanol–water partition coefficient (Wildman–Crippen LogP) is 4.37. The van der Waals surface area contributed by atoms with E-state index in [9.17, 15) is 26.7 Å². The second kappa shape index (κ2) is 5.58. The van der Waals surface area contributed by atoms with Gasteiger partial charge in [0.25, 0.3) is 0 Å². The molecular formula is C12H6BrF5N2OS. The summed E-state index contributed by atoms with van der Waals surface area (Å²) in [5.41, 5.74) is 3.48. The van der Waals surface area contributed by atoms with E-state index in [-0.39, 0.29) is 16.9 Å². The van der Waals surface area contributed by atoms with E-state index in [1.165, 1.54) is 18.2 Å². The standard InChI is InChI=1S/C12H6BrF5N2OS/c13-6-3-1-2-5(4-6)7(21)8-9(20-10(19)22-8)11(14,15)12(16,17)18/h1-4H,(H2,19,20). The lowest BCUT2D eigenvalue weighted by atomic mass is 10.1. The van der Waals surface area contributed by atoms with Crippen LogP contribution in [-0.2, 0) is 5.92 Å². The summed E-state index contributed by atoms with van der Waals surface area (Å²) in [6.07, 6.45) is -5.88. The van der Waals surface area contributed by atoms with E-state index in [0.717, 1.165) is 0 Å². The first-order valence-electron chi connectivity index (χ1n) is 5.55. The van der Waals surface area contributed by atoms with E-state index in [2.05, 4.69) is 20.9 Å². The Morgan fingerprint density at radius 3 is 2.41 bits per heavy atom. The molecule has 0 fully saturated rings. The predicted molar refractivity (Wildman–Crippen MR) is 74.0 cm³/mol. The van der Waals surface area contributed by atoms with Gasteiger partial charge in [-0.15, -0.1) is 0 Å². The summed E-state index contributed by atoms with van der Waals surface area (Å²) in [5, 5.41) is -0.544. The van der Waals surface area contributed by atoms with Crippen LogP contribution in [0.25, 0.3) is 0 Å². The van der Waals surface area contributed by atoms with Gasteiger partial charge in [0.1, 0.15) is 10.6 Å². The molecule has 1 aromatic carbocycles. The molecule has 0 bridgehead atoms. The smallest absolute Gasteiger partial charge is 0.375 e.